The van der Waals surface area contributed by atoms with Crippen molar-refractivity contribution in [1.82, 2.24) is 0 Å². The predicted molar refractivity (Wildman–Crippen MR) is 76.2 cm³/mol. The van der Waals surface area contributed by atoms with Crippen LogP contribution in [0.5, 0.6) is 5.75 Å². The van der Waals surface area contributed by atoms with Crippen molar-refractivity contribution in [3.8, 4) is 5.75 Å². The number of aliphatic carboxylic acids is 1. The van der Waals surface area contributed by atoms with E-state index in [4.69, 9.17) is 9.66 Å². The first kappa shape index (κ1) is 15.1. The number of carboxylic acid groups (broad SMARTS) is 1. The number of aromatic hydroxyl groups is 1. The normalized spacial score (nSPS) is 11.5. The minimum absolute atomic E-state index is 0.117. The Morgan fingerprint density at radius 3 is 2.48 bits per heavy atom. The molecule has 2 aromatic rings. The molecule has 0 heterocycles. The summed E-state index contributed by atoms with van der Waals surface area (Å²) >= 11 is 0. The molecule has 0 aliphatic rings. The van der Waals surface area contributed by atoms with Gasteiger partial charge < -0.3 is 15.5 Å². The lowest BCUT2D eigenvalue weighted by Gasteiger charge is -2.10. The first-order valence-corrected chi connectivity index (χ1v) is 7.42. The Bertz CT molecular complexity index is 800. The highest BCUT2D eigenvalue weighted by atomic mass is 32.2. The van der Waals surface area contributed by atoms with Crippen LogP contribution in [-0.2, 0) is 14.9 Å². The zero-order valence-electron chi connectivity index (χ0n) is 10.8. The van der Waals surface area contributed by atoms with Crippen LogP contribution in [0.1, 0.15) is 6.42 Å². The first-order valence-electron chi connectivity index (χ1n) is 5.98. The number of phenols is 1. The van der Waals surface area contributed by atoms with Gasteiger partial charge in [-0.3, -0.25) is 9.35 Å². The molecule has 21 heavy (non-hydrogen) atoms. The Hall–Kier alpha value is -2.32. The number of anilines is 1. The van der Waals surface area contributed by atoms with Gasteiger partial charge in [0.15, 0.2) is 0 Å². The molecule has 4 N–H and O–H groups in total. The fourth-order valence-electron chi connectivity index (χ4n) is 1.89. The number of carboxylic acids is 1. The smallest absolute Gasteiger partial charge is 0.305 e. The molecular weight excluding hydrogens is 298 g/mol. The van der Waals surface area contributed by atoms with Crippen LogP contribution in [0.2, 0.25) is 0 Å². The van der Waals surface area contributed by atoms with Crippen LogP contribution in [0, 0.1) is 0 Å². The fourth-order valence-corrected chi connectivity index (χ4v) is 2.40. The van der Waals surface area contributed by atoms with E-state index in [1.807, 2.05) is 0 Å². The van der Waals surface area contributed by atoms with Crippen molar-refractivity contribution in [3.63, 3.8) is 0 Å². The number of hydrogen-bond donors (Lipinski definition) is 4. The lowest BCUT2D eigenvalue weighted by atomic mass is 10.1. The average molecular weight is 311 g/mol. The van der Waals surface area contributed by atoms with Crippen LogP contribution >= 0.6 is 0 Å². The van der Waals surface area contributed by atoms with Gasteiger partial charge in [-0.2, -0.15) is 8.42 Å². The van der Waals surface area contributed by atoms with E-state index in [0.29, 0.717) is 5.39 Å². The average Bonchev–Trinajstić information content (AvgIpc) is 2.39. The third-order valence-electron chi connectivity index (χ3n) is 2.92. The van der Waals surface area contributed by atoms with Crippen LogP contribution in [0.25, 0.3) is 10.8 Å². The van der Waals surface area contributed by atoms with Gasteiger partial charge in [0.1, 0.15) is 5.75 Å². The maximum Gasteiger partial charge on any atom is 0.305 e. The molecule has 2 rings (SSSR count). The Kier molecular flexibility index (Phi) is 4.01. The van der Waals surface area contributed by atoms with Crippen molar-refractivity contribution in [2.45, 2.75) is 11.3 Å². The molecule has 8 heteroatoms. The standard InChI is InChI=1S/C13H13NO6S/c15-12(16)5-6-14-11-4-2-8-1-3-9(21(18,19)20)7-10(8)13(11)17/h1-4,7,14,17H,5-6H2,(H,15,16)(H,18,19,20). The minimum atomic E-state index is -4.36. The van der Waals surface area contributed by atoms with Crippen molar-refractivity contribution in [3.05, 3.63) is 30.3 Å². The summed E-state index contributed by atoms with van der Waals surface area (Å²) in [5, 5.41) is 22.3. The molecule has 0 spiro atoms. The summed E-state index contributed by atoms with van der Waals surface area (Å²) in [6, 6.07) is 7.05. The molecule has 0 saturated heterocycles. The SMILES string of the molecule is O=C(O)CCNc1ccc2ccc(S(=O)(=O)O)cc2c1O. The lowest BCUT2D eigenvalue weighted by Crippen LogP contribution is -2.07. The van der Waals surface area contributed by atoms with Crippen LogP contribution < -0.4 is 5.32 Å². The fraction of sp³-hybridized carbons (Fsp3) is 0.154. The van der Waals surface area contributed by atoms with Gasteiger partial charge in [0.2, 0.25) is 0 Å². The maximum atomic E-state index is 11.1. The van der Waals surface area contributed by atoms with Crippen LogP contribution in [0.15, 0.2) is 35.2 Å². The van der Waals surface area contributed by atoms with E-state index in [0.717, 1.165) is 6.07 Å². The van der Waals surface area contributed by atoms with E-state index in [1.54, 1.807) is 12.1 Å². The molecule has 0 aromatic heterocycles. The summed E-state index contributed by atoms with van der Waals surface area (Å²) in [6.45, 7) is 0.117. The number of phenolic OH excluding ortho intramolecular Hbond substituents is 1. The van der Waals surface area contributed by atoms with E-state index >= 15 is 0 Å². The van der Waals surface area contributed by atoms with Gasteiger partial charge in [-0.25, -0.2) is 0 Å². The van der Waals surface area contributed by atoms with E-state index in [2.05, 4.69) is 5.32 Å². The number of fused-ring (bicyclic) bond motifs is 1. The van der Waals surface area contributed by atoms with Gasteiger partial charge >= 0.3 is 5.97 Å². The highest BCUT2D eigenvalue weighted by Crippen LogP contribution is 2.33. The van der Waals surface area contributed by atoms with Gasteiger partial charge in [0.05, 0.1) is 17.0 Å². The van der Waals surface area contributed by atoms with Crippen LogP contribution in [0.3, 0.4) is 0 Å². The van der Waals surface area contributed by atoms with Crippen molar-refractivity contribution in [2.24, 2.45) is 0 Å². The van der Waals surface area contributed by atoms with Crippen LogP contribution in [-0.4, -0.2) is 35.7 Å². The number of nitrogens with one attached hydrogen (secondary N) is 1. The molecule has 7 nitrogen and oxygen atoms in total. The number of carbonyl (C=O) groups is 1. The summed E-state index contributed by atoms with van der Waals surface area (Å²) in [6.07, 6.45) is -0.122. The molecule has 0 bridgehead atoms. The van der Waals surface area contributed by atoms with Gasteiger partial charge in [-0.05, 0) is 23.6 Å². The topological polar surface area (TPSA) is 124 Å². The second-order valence-electron chi connectivity index (χ2n) is 4.39. The zero-order chi connectivity index (χ0) is 15.6. The molecule has 0 fully saturated rings. The summed E-state index contributed by atoms with van der Waals surface area (Å²) in [5.74, 6) is -1.18. The summed E-state index contributed by atoms with van der Waals surface area (Å²) in [5.41, 5.74) is 0.288. The van der Waals surface area contributed by atoms with Crippen molar-refractivity contribution >= 4 is 32.5 Å². The molecule has 0 amide bonds. The molecule has 0 unspecified atom stereocenters. The quantitative estimate of drug-likeness (QED) is 0.489. The molecule has 0 radical (unpaired) electrons. The summed E-state index contributed by atoms with van der Waals surface area (Å²) in [4.78, 5) is 10.1. The predicted octanol–water partition coefficient (Wildman–Crippen LogP) is 1.68. The third kappa shape index (κ3) is 3.41. The Labute approximate surface area is 120 Å². The number of hydrogen-bond acceptors (Lipinski definition) is 5. The Morgan fingerprint density at radius 1 is 1.19 bits per heavy atom. The van der Waals surface area contributed by atoms with Crippen molar-refractivity contribution in [1.29, 1.82) is 0 Å². The van der Waals surface area contributed by atoms with Gasteiger partial charge in [0, 0.05) is 11.9 Å². The number of benzene rings is 2. The van der Waals surface area contributed by atoms with E-state index in [-0.39, 0.29) is 34.7 Å². The molecule has 2 aromatic carbocycles. The second kappa shape index (κ2) is 5.58. The molecular formula is C13H13NO6S. The maximum absolute atomic E-state index is 11.1. The molecule has 112 valence electrons. The minimum Gasteiger partial charge on any atom is -0.505 e. The van der Waals surface area contributed by atoms with Crippen molar-refractivity contribution < 1.29 is 28.0 Å². The molecule has 0 aliphatic carbocycles. The molecule has 0 atom stereocenters. The van der Waals surface area contributed by atoms with E-state index in [9.17, 15) is 18.3 Å². The molecule has 0 aliphatic heterocycles. The monoisotopic (exact) mass is 311 g/mol. The lowest BCUT2D eigenvalue weighted by molar-refractivity contribution is -0.136. The van der Waals surface area contributed by atoms with Gasteiger partial charge in [-0.1, -0.05) is 12.1 Å². The Morgan fingerprint density at radius 2 is 1.86 bits per heavy atom. The van der Waals surface area contributed by atoms with Gasteiger partial charge in [0.25, 0.3) is 10.1 Å². The van der Waals surface area contributed by atoms with Crippen molar-refractivity contribution in [2.75, 3.05) is 11.9 Å². The summed E-state index contributed by atoms with van der Waals surface area (Å²) < 4.78 is 31.2. The highest BCUT2D eigenvalue weighted by Gasteiger charge is 2.13. The first-order chi connectivity index (χ1) is 9.79. The zero-order valence-corrected chi connectivity index (χ0v) is 11.6. The Balaban J connectivity index is 2.42. The second-order valence-corrected chi connectivity index (χ2v) is 5.81. The largest absolute Gasteiger partial charge is 0.505 e. The van der Waals surface area contributed by atoms with Gasteiger partial charge in [-0.15, -0.1) is 0 Å². The highest BCUT2D eigenvalue weighted by molar-refractivity contribution is 7.85. The number of rotatable bonds is 5. The summed E-state index contributed by atoms with van der Waals surface area (Å²) in [7, 11) is -4.36. The van der Waals surface area contributed by atoms with E-state index < -0.39 is 16.1 Å². The van der Waals surface area contributed by atoms with Crippen LogP contribution in [0.4, 0.5) is 5.69 Å². The third-order valence-corrected chi connectivity index (χ3v) is 3.77. The molecule has 0 saturated carbocycles. The van der Waals surface area contributed by atoms with E-state index in [1.165, 1.54) is 12.1 Å².